The molecule has 2 rings (SSSR count). The number of carboxylic acids is 1. The third kappa shape index (κ3) is 2.52. The Morgan fingerprint density at radius 2 is 2.00 bits per heavy atom. The van der Waals surface area contributed by atoms with Gasteiger partial charge in [-0.2, -0.15) is 5.10 Å². The van der Waals surface area contributed by atoms with E-state index < -0.39 is 5.97 Å². The van der Waals surface area contributed by atoms with Gasteiger partial charge in [-0.15, -0.1) is 0 Å². The third-order valence-corrected chi connectivity index (χ3v) is 3.24. The molecule has 0 radical (unpaired) electrons. The molecule has 1 aromatic heterocycles. The van der Waals surface area contributed by atoms with Crippen LogP contribution in [-0.2, 0) is 5.41 Å². The number of benzene rings is 1. The molecule has 1 heterocycles. The smallest absolute Gasteiger partial charge is 0.339 e. The summed E-state index contributed by atoms with van der Waals surface area (Å²) in [4.78, 5) is 11.2. The summed E-state index contributed by atoms with van der Waals surface area (Å²) in [6, 6.07) is 6.13. The van der Waals surface area contributed by atoms with Gasteiger partial charge in [0.15, 0.2) is 0 Å². The van der Waals surface area contributed by atoms with E-state index >= 15 is 0 Å². The highest BCUT2D eigenvalue weighted by atomic mass is 16.4. The number of nitrogens with zero attached hydrogens (tertiary/aromatic N) is 1. The van der Waals surface area contributed by atoms with Crippen molar-refractivity contribution in [2.24, 2.45) is 0 Å². The predicted octanol–water partition coefficient (Wildman–Crippen LogP) is 3.38. The van der Waals surface area contributed by atoms with E-state index in [1.807, 2.05) is 19.1 Å². The molecule has 0 amide bonds. The van der Waals surface area contributed by atoms with E-state index in [1.165, 1.54) is 11.8 Å². The lowest BCUT2D eigenvalue weighted by Crippen LogP contribution is -2.11. The molecule has 0 atom stereocenters. The van der Waals surface area contributed by atoms with Gasteiger partial charge in [-0.25, -0.2) is 4.79 Å². The van der Waals surface area contributed by atoms with Crippen LogP contribution in [0.3, 0.4) is 0 Å². The number of nitrogens with one attached hydrogen (secondary N) is 1. The Balaban J connectivity index is 2.62. The number of hydrogen-bond acceptors (Lipinski definition) is 2. The Morgan fingerprint density at radius 1 is 1.32 bits per heavy atom. The van der Waals surface area contributed by atoms with E-state index in [1.54, 1.807) is 0 Å². The van der Waals surface area contributed by atoms with E-state index in [0.29, 0.717) is 5.69 Å². The van der Waals surface area contributed by atoms with Crippen LogP contribution in [0.25, 0.3) is 11.3 Å². The fourth-order valence-electron chi connectivity index (χ4n) is 2.01. The molecular formula is C15H18N2O2. The maximum Gasteiger partial charge on any atom is 0.339 e. The highest BCUT2D eigenvalue weighted by molar-refractivity contribution is 5.95. The third-order valence-electron chi connectivity index (χ3n) is 3.24. The first-order valence-corrected chi connectivity index (χ1v) is 6.19. The zero-order chi connectivity index (χ0) is 14.2. The number of rotatable bonds is 2. The standard InChI is InChI=1S/C15H18N2O2/c1-9-5-6-10(15(2,3)4)7-11(9)13-12(14(18)19)8-16-17-13/h5-8H,1-4H3,(H,16,17)(H,18,19). The largest absolute Gasteiger partial charge is 0.478 e. The Labute approximate surface area is 112 Å². The molecule has 0 saturated heterocycles. The van der Waals surface area contributed by atoms with Crippen LogP contribution in [0.15, 0.2) is 24.4 Å². The van der Waals surface area contributed by atoms with Crippen molar-refractivity contribution in [3.63, 3.8) is 0 Å². The zero-order valence-electron chi connectivity index (χ0n) is 11.6. The summed E-state index contributed by atoms with van der Waals surface area (Å²) in [7, 11) is 0. The molecule has 1 aromatic carbocycles. The molecule has 0 spiro atoms. The SMILES string of the molecule is Cc1ccc(C(C)(C)C)cc1-c1[nH]ncc1C(=O)O. The second-order valence-corrected chi connectivity index (χ2v) is 5.74. The molecule has 4 heteroatoms. The Morgan fingerprint density at radius 3 is 2.58 bits per heavy atom. The van der Waals surface area contributed by atoms with Crippen LogP contribution in [0.1, 0.15) is 42.3 Å². The van der Waals surface area contributed by atoms with Crippen LogP contribution in [0.4, 0.5) is 0 Å². The highest BCUT2D eigenvalue weighted by Crippen LogP contribution is 2.30. The average Bonchev–Trinajstić information content (AvgIpc) is 2.76. The van der Waals surface area contributed by atoms with Crippen molar-refractivity contribution in [1.82, 2.24) is 10.2 Å². The molecule has 0 saturated carbocycles. The topological polar surface area (TPSA) is 66.0 Å². The maximum atomic E-state index is 11.2. The van der Waals surface area contributed by atoms with Crippen LogP contribution in [0.2, 0.25) is 0 Å². The lowest BCUT2D eigenvalue weighted by Gasteiger charge is -2.20. The molecule has 19 heavy (non-hydrogen) atoms. The minimum absolute atomic E-state index is 0.0197. The number of H-pyrrole nitrogens is 1. The van der Waals surface area contributed by atoms with Crippen LogP contribution in [0.5, 0.6) is 0 Å². The lowest BCUT2D eigenvalue weighted by molar-refractivity contribution is 0.0698. The summed E-state index contributed by atoms with van der Waals surface area (Å²) in [5, 5.41) is 15.8. The molecule has 2 aromatic rings. The molecule has 0 aliphatic carbocycles. The van der Waals surface area contributed by atoms with Gasteiger partial charge in [0.1, 0.15) is 5.56 Å². The second kappa shape index (κ2) is 4.53. The first kappa shape index (κ1) is 13.3. The Hall–Kier alpha value is -2.10. The number of carboxylic acid groups (broad SMARTS) is 1. The highest BCUT2D eigenvalue weighted by Gasteiger charge is 2.19. The number of aromatic amines is 1. The van der Waals surface area contributed by atoms with Crippen molar-refractivity contribution < 1.29 is 9.90 Å². The first-order chi connectivity index (χ1) is 8.80. The van der Waals surface area contributed by atoms with E-state index in [-0.39, 0.29) is 11.0 Å². The maximum absolute atomic E-state index is 11.2. The summed E-state index contributed by atoms with van der Waals surface area (Å²) in [5.41, 5.74) is 3.87. The Bertz CT molecular complexity index is 621. The number of hydrogen-bond donors (Lipinski definition) is 2. The lowest BCUT2D eigenvalue weighted by atomic mass is 9.84. The normalized spacial score (nSPS) is 11.6. The molecule has 0 aliphatic heterocycles. The van der Waals surface area contributed by atoms with Crippen LogP contribution < -0.4 is 0 Å². The van der Waals surface area contributed by atoms with Crippen molar-refractivity contribution >= 4 is 5.97 Å². The van der Waals surface area contributed by atoms with Crippen LogP contribution in [-0.4, -0.2) is 21.3 Å². The van der Waals surface area contributed by atoms with Crippen LogP contribution >= 0.6 is 0 Å². The Kier molecular flexibility index (Phi) is 3.18. The van der Waals surface area contributed by atoms with Crippen LogP contribution in [0, 0.1) is 6.92 Å². The van der Waals surface area contributed by atoms with E-state index in [9.17, 15) is 9.90 Å². The summed E-state index contributed by atoms with van der Waals surface area (Å²) in [6.07, 6.45) is 1.35. The number of aromatic nitrogens is 2. The minimum atomic E-state index is -0.968. The van der Waals surface area contributed by atoms with Gasteiger partial charge in [-0.1, -0.05) is 32.9 Å². The van der Waals surface area contributed by atoms with Crippen molar-refractivity contribution in [3.05, 3.63) is 41.1 Å². The second-order valence-electron chi connectivity index (χ2n) is 5.74. The molecular weight excluding hydrogens is 240 g/mol. The summed E-state index contributed by atoms with van der Waals surface area (Å²) >= 11 is 0. The predicted molar refractivity (Wildman–Crippen MR) is 74.4 cm³/mol. The summed E-state index contributed by atoms with van der Waals surface area (Å²) < 4.78 is 0. The fraction of sp³-hybridized carbons (Fsp3) is 0.333. The van der Waals surface area contributed by atoms with Gasteiger partial charge in [-0.05, 0) is 29.5 Å². The van der Waals surface area contributed by atoms with Gasteiger partial charge in [0.25, 0.3) is 0 Å². The van der Waals surface area contributed by atoms with Gasteiger partial charge in [0.05, 0.1) is 11.9 Å². The summed E-state index contributed by atoms with van der Waals surface area (Å²) in [5.74, 6) is -0.968. The molecule has 4 nitrogen and oxygen atoms in total. The number of aromatic carboxylic acids is 1. The van der Waals surface area contributed by atoms with E-state index in [0.717, 1.165) is 11.1 Å². The monoisotopic (exact) mass is 258 g/mol. The number of aryl methyl sites for hydroxylation is 1. The molecule has 0 unspecified atom stereocenters. The van der Waals surface area contributed by atoms with E-state index in [4.69, 9.17) is 0 Å². The zero-order valence-corrected chi connectivity index (χ0v) is 11.6. The average molecular weight is 258 g/mol. The van der Waals surface area contributed by atoms with Gasteiger partial charge in [-0.3, -0.25) is 5.10 Å². The molecule has 2 N–H and O–H groups in total. The van der Waals surface area contributed by atoms with Crippen molar-refractivity contribution in [1.29, 1.82) is 0 Å². The fourth-order valence-corrected chi connectivity index (χ4v) is 2.01. The van der Waals surface area contributed by atoms with E-state index in [2.05, 4.69) is 37.0 Å². The quantitative estimate of drug-likeness (QED) is 0.867. The summed E-state index contributed by atoms with van der Waals surface area (Å²) in [6.45, 7) is 8.36. The van der Waals surface area contributed by atoms with Crippen molar-refractivity contribution in [3.8, 4) is 11.3 Å². The van der Waals surface area contributed by atoms with Gasteiger partial charge in [0.2, 0.25) is 0 Å². The minimum Gasteiger partial charge on any atom is -0.478 e. The number of carbonyl (C=O) groups is 1. The van der Waals surface area contributed by atoms with Gasteiger partial charge in [0, 0.05) is 5.56 Å². The first-order valence-electron chi connectivity index (χ1n) is 6.19. The van der Waals surface area contributed by atoms with Gasteiger partial charge >= 0.3 is 5.97 Å². The van der Waals surface area contributed by atoms with Gasteiger partial charge < -0.3 is 5.11 Å². The molecule has 0 fully saturated rings. The molecule has 0 aliphatic rings. The molecule has 0 bridgehead atoms. The molecule has 100 valence electrons. The van der Waals surface area contributed by atoms with Crippen molar-refractivity contribution in [2.45, 2.75) is 33.1 Å². The van der Waals surface area contributed by atoms with Crippen molar-refractivity contribution in [2.75, 3.05) is 0 Å².